The molecule has 2 aliphatic rings. The molecule has 116 valence electrons. The fraction of sp³-hybridized carbons (Fsp3) is 0.684. The Balaban J connectivity index is 1.74. The van der Waals surface area contributed by atoms with Gasteiger partial charge >= 0.3 is 0 Å². The van der Waals surface area contributed by atoms with Crippen LogP contribution in [0.3, 0.4) is 0 Å². The minimum Gasteiger partial charge on any atom is -0.309 e. The zero-order valence-electron chi connectivity index (χ0n) is 13.4. The summed E-state index contributed by atoms with van der Waals surface area (Å²) in [6.07, 6.45) is 9.84. The van der Waals surface area contributed by atoms with Gasteiger partial charge in [-0.25, -0.2) is 0 Å². The molecule has 1 heterocycles. The zero-order chi connectivity index (χ0) is 14.5. The van der Waals surface area contributed by atoms with Crippen molar-refractivity contribution >= 4 is 0 Å². The average molecular weight is 286 g/mol. The normalized spacial score (nSPS) is 29.8. The van der Waals surface area contributed by atoms with Crippen molar-refractivity contribution in [3.8, 4) is 0 Å². The lowest BCUT2D eigenvalue weighted by Crippen LogP contribution is -2.43. The number of nitrogens with zero attached hydrogens (tertiary/aromatic N) is 1. The Labute approximate surface area is 129 Å². The predicted molar refractivity (Wildman–Crippen MR) is 89.5 cm³/mol. The van der Waals surface area contributed by atoms with E-state index in [0.717, 1.165) is 12.6 Å². The molecule has 0 aromatic heterocycles. The van der Waals surface area contributed by atoms with Crippen molar-refractivity contribution in [2.45, 2.75) is 70.0 Å². The van der Waals surface area contributed by atoms with Gasteiger partial charge in [0.2, 0.25) is 0 Å². The van der Waals surface area contributed by atoms with E-state index in [-0.39, 0.29) is 0 Å². The highest BCUT2D eigenvalue weighted by Crippen LogP contribution is 2.28. The van der Waals surface area contributed by atoms with Crippen molar-refractivity contribution in [2.24, 2.45) is 0 Å². The van der Waals surface area contributed by atoms with E-state index in [1.165, 1.54) is 57.1 Å². The Kier molecular flexibility index (Phi) is 5.32. The molecule has 2 heteroatoms. The third kappa shape index (κ3) is 3.87. The van der Waals surface area contributed by atoms with Gasteiger partial charge in [-0.05, 0) is 38.3 Å². The predicted octanol–water partition coefficient (Wildman–Crippen LogP) is 4.13. The van der Waals surface area contributed by atoms with Crippen molar-refractivity contribution in [1.29, 1.82) is 0 Å². The van der Waals surface area contributed by atoms with Crippen molar-refractivity contribution in [3.05, 3.63) is 35.9 Å². The van der Waals surface area contributed by atoms with Crippen LogP contribution < -0.4 is 5.32 Å². The number of hydrogen-bond acceptors (Lipinski definition) is 2. The second-order valence-electron chi connectivity index (χ2n) is 6.90. The molecule has 1 saturated carbocycles. The topological polar surface area (TPSA) is 15.3 Å². The molecule has 0 bridgehead atoms. The third-order valence-corrected chi connectivity index (χ3v) is 5.41. The third-order valence-electron chi connectivity index (χ3n) is 5.41. The summed E-state index contributed by atoms with van der Waals surface area (Å²) in [6, 6.07) is 13.0. The highest BCUT2D eigenvalue weighted by Gasteiger charge is 2.29. The van der Waals surface area contributed by atoms with Crippen LogP contribution in [0.25, 0.3) is 0 Å². The smallest absolute Gasteiger partial charge is 0.0449 e. The highest BCUT2D eigenvalue weighted by molar-refractivity contribution is 5.19. The SMILES string of the molecule is CC1CCNC(c2ccccc2)CN1C1CCCCCC1. The number of hydrogen-bond donors (Lipinski definition) is 1. The molecule has 1 aromatic rings. The van der Waals surface area contributed by atoms with Crippen LogP contribution in [0.4, 0.5) is 0 Å². The Morgan fingerprint density at radius 2 is 1.67 bits per heavy atom. The van der Waals surface area contributed by atoms with Crippen LogP contribution >= 0.6 is 0 Å². The van der Waals surface area contributed by atoms with Crippen LogP contribution in [-0.2, 0) is 0 Å². The average Bonchev–Trinajstić information content (AvgIpc) is 2.89. The summed E-state index contributed by atoms with van der Waals surface area (Å²) in [5.41, 5.74) is 1.45. The first-order valence-electron chi connectivity index (χ1n) is 8.88. The van der Waals surface area contributed by atoms with E-state index in [4.69, 9.17) is 0 Å². The summed E-state index contributed by atoms with van der Waals surface area (Å²) >= 11 is 0. The van der Waals surface area contributed by atoms with Crippen LogP contribution in [0.15, 0.2) is 30.3 Å². The molecule has 1 aliphatic carbocycles. The molecule has 2 unspecified atom stereocenters. The van der Waals surface area contributed by atoms with Crippen molar-refractivity contribution in [1.82, 2.24) is 10.2 Å². The number of rotatable bonds is 2. The Morgan fingerprint density at radius 3 is 2.38 bits per heavy atom. The lowest BCUT2D eigenvalue weighted by Gasteiger charge is -2.36. The fourth-order valence-electron chi connectivity index (χ4n) is 4.09. The van der Waals surface area contributed by atoms with E-state index in [1.54, 1.807) is 0 Å². The molecule has 3 rings (SSSR count). The maximum atomic E-state index is 3.77. The number of nitrogens with one attached hydrogen (secondary N) is 1. The molecular weight excluding hydrogens is 256 g/mol. The van der Waals surface area contributed by atoms with Gasteiger partial charge in [-0.1, -0.05) is 56.0 Å². The molecular formula is C19H30N2. The monoisotopic (exact) mass is 286 g/mol. The van der Waals surface area contributed by atoms with E-state index < -0.39 is 0 Å². The molecule has 0 radical (unpaired) electrons. The molecule has 1 saturated heterocycles. The van der Waals surface area contributed by atoms with Crippen molar-refractivity contribution in [2.75, 3.05) is 13.1 Å². The maximum Gasteiger partial charge on any atom is 0.0449 e. The number of benzene rings is 1. The summed E-state index contributed by atoms with van der Waals surface area (Å²) in [7, 11) is 0. The van der Waals surface area contributed by atoms with Gasteiger partial charge in [-0.3, -0.25) is 4.90 Å². The van der Waals surface area contributed by atoms with E-state index >= 15 is 0 Å². The van der Waals surface area contributed by atoms with Crippen LogP contribution in [0.1, 0.15) is 63.5 Å². The fourth-order valence-corrected chi connectivity index (χ4v) is 4.09. The van der Waals surface area contributed by atoms with Gasteiger partial charge in [-0.2, -0.15) is 0 Å². The summed E-state index contributed by atoms with van der Waals surface area (Å²) in [5.74, 6) is 0. The van der Waals surface area contributed by atoms with Gasteiger partial charge in [0.25, 0.3) is 0 Å². The molecule has 1 aromatic carbocycles. The maximum absolute atomic E-state index is 3.77. The van der Waals surface area contributed by atoms with Gasteiger partial charge in [0.1, 0.15) is 0 Å². The van der Waals surface area contributed by atoms with Gasteiger partial charge in [0, 0.05) is 24.7 Å². The highest BCUT2D eigenvalue weighted by atomic mass is 15.2. The Bertz CT molecular complexity index is 409. The second kappa shape index (κ2) is 7.42. The van der Waals surface area contributed by atoms with Gasteiger partial charge < -0.3 is 5.32 Å². The molecule has 2 fully saturated rings. The molecule has 21 heavy (non-hydrogen) atoms. The second-order valence-corrected chi connectivity index (χ2v) is 6.90. The summed E-state index contributed by atoms with van der Waals surface area (Å²) in [6.45, 7) is 4.75. The van der Waals surface area contributed by atoms with Gasteiger partial charge in [-0.15, -0.1) is 0 Å². The lowest BCUT2D eigenvalue weighted by molar-refractivity contribution is 0.127. The molecule has 1 N–H and O–H groups in total. The Hall–Kier alpha value is -0.860. The van der Waals surface area contributed by atoms with E-state index in [0.29, 0.717) is 12.1 Å². The van der Waals surface area contributed by atoms with E-state index in [2.05, 4.69) is 47.5 Å². The van der Waals surface area contributed by atoms with E-state index in [9.17, 15) is 0 Å². The van der Waals surface area contributed by atoms with E-state index in [1.807, 2.05) is 0 Å². The van der Waals surface area contributed by atoms with Crippen molar-refractivity contribution < 1.29 is 0 Å². The minimum atomic E-state index is 0.499. The largest absolute Gasteiger partial charge is 0.309 e. The van der Waals surface area contributed by atoms with Crippen molar-refractivity contribution in [3.63, 3.8) is 0 Å². The Morgan fingerprint density at radius 1 is 0.952 bits per heavy atom. The summed E-state index contributed by atoms with van der Waals surface area (Å²) in [5, 5.41) is 3.77. The van der Waals surface area contributed by atoms with Gasteiger partial charge in [0.15, 0.2) is 0 Å². The first-order chi connectivity index (χ1) is 10.3. The zero-order valence-corrected chi connectivity index (χ0v) is 13.4. The first-order valence-corrected chi connectivity index (χ1v) is 8.88. The standard InChI is InChI=1S/C19H30N2/c1-16-13-14-20-19(17-9-5-4-6-10-17)15-21(16)18-11-7-2-3-8-12-18/h4-6,9-10,16,18-20H,2-3,7-8,11-15H2,1H3. The van der Waals surface area contributed by atoms with Crippen LogP contribution in [-0.4, -0.2) is 30.1 Å². The van der Waals surface area contributed by atoms with Crippen LogP contribution in [0.2, 0.25) is 0 Å². The molecule has 2 atom stereocenters. The minimum absolute atomic E-state index is 0.499. The summed E-state index contributed by atoms with van der Waals surface area (Å²) < 4.78 is 0. The molecule has 1 aliphatic heterocycles. The quantitative estimate of drug-likeness (QED) is 0.822. The molecule has 0 spiro atoms. The lowest BCUT2D eigenvalue weighted by atomic mass is 10.0. The first kappa shape index (κ1) is 15.1. The molecule has 0 amide bonds. The van der Waals surface area contributed by atoms with Crippen LogP contribution in [0, 0.1) is 0 Å². The molecule has 2 nitrogen and oxygen atoms in total. The summed E-state index contributed by atoms with van der Waals surface area (Å²) in [4.78, 5) is 2.82. The van der Waals surface area contributed by atoms with Crippen LogP contribution in [0.5, 0.6) is 0 Å². The van der Waals surface area contributed by atoms with Gasteiger partial charge in [0.05, 0.1) is 0 Å².